The highest BCUT2D eigenvalue weighted by Crippen LogP contribution is 2.39. The number of nitro groups is 1. The minimum atomic E-state index is -0.369. The van der Waals surface area contributed by atoms with Gasteiger partial charge in [-0.2, -0.15) is 0 Å². The molecule has 0 atom stereocenters. The Labute approximate surface area is 161 Å². The molecule has 2 aromatic carbocycles. The Balaban J connectivity index is 1.69. The zero-order valence-electron chi connectivity index (χ0n) is 14.8. The zero-order chi connectivity index (χ0) is 18.8. The maximum Gasteiger partial charge on any atom is 0.343 e. The summed E-state index contributed by atoms with van der Waals surface area (Å²) in [7, 11) is 0. The van der Waals surface area contributed by atoms with Crippen molar-refractivity contribution in [1.29, 1.82) is 0 Å². The van der Waals surface area contributed by atoms with Gasteiger partial charge in [0.15, 0.2) is 5.03 Å². The quantitative estimate of drug-likeness (QED) is 0.380. The number of rotatable bonds is 4. The van der Waals surface area contributed by atoms with Crippen LogP contribution in [-0.4, -0.2) is 21.4 Å². The van der Waals surface area contributed by atoms with Crippen molar-refractivity contribution in [2.24, 2.45) is 0 Å². The first-order chi connectivity index (χ1) is 13.1. The third kappa shape index (κ3) is 3.64. The van der Waals surface area contributed by atoms with Crippen LogP contribution in [0.4, 0.5) is 11.5 Å². The lowest BCUT2D eigenvalue weighted by Gasteiger charge is -2.29. The molecule has 0 fully saturated rings. The molecule has 0 bridgehead atoms. The van der Waals surface area contributed by atoms with Crippen molar-refractivity contribution >= 4 is 23.3 Å². The van der Waals surface area contributed by atoms with Crippen LogP contribution in [0.3, 0.4) is 0 Å². The maximum absolute atomic E-state index is 11.9. The molecular formula is C20H18N4O2S. The summed E-state index contributed by atoms with van der Waals surface area (Å²) in [6.07, 6.45) is 2.26. The molecule has 3 aromatic rings. The number of aromatic nitrogens is 2. The fourth-order valence-corrected chi connectivity index (χ4v) is 4.07. The van der Waals surface area contributed by atoms with Crippen molar-refractivity contribution in [3.63, 3.8) is 0 Å². The van der Waals surface area contributed by atoms with Crippen molar-refractivity contribution in [2.45, 2.75) is 29.8 Å². The van der Waals surface area contributed by atoms with Crippen LogP contribution < -0.4 is 4.90 Å². The average Bonchev–Trinajstić information content (AvgIpc) is 2.69. The summed E-state index contributed by atoms with van der Waals surface area (Å²) < 4.78 is 0. The molecule has 1 aliphatic rings. The minimum absolute atomic E-state index is 0.0255. The molecule has 27 heavy (non-hydrogen) atoms. The Morgan fingerprint density at radius 1 is 1.07 bits per heavy atom. The molecule has 4 rings (SSSR count). The molecule has 0 unspecified atom stereocenters. The second-order valence-corrected chi connectivity index (χ2v) is 7.53. The summed E-state index contributed by atoms with van der Waals surface area (Å²) >= 11 is 1.30. The van der Waals surface area contributed by atoms with E-state index in [2.05, 4.69) is 22.1 Å². The lowest BCUT2D eigenvalue weighted by atomic mass is 10.00. The second kappa shape index (κ2) is 7.36. The third-order valence-electron chi connectivity index (χ3n) is 4.62. The van der Waals surface area contributed by atoms with E-state index in [0.29, 0.717) is 23.9 Å². The molecule has 2 heterocycles. The Morgan fingerprint density at radius 2 is 1.81 bits per heavy atom. The summed E-state index contributed by atoms with van der Waals surface area (Å²) in [5.74, 6) is 0.388. The average molecular weight is 378 g/mol. The highest BCUT2D eigenvalue weighted by Gasteiger charge is 2.29. The molecule has 0 aliphatic carbocycles. The van der Waals surface area contributed by atoms with E-state index in [0.717, 1.165) is 16.9 Å². The Hall–Kier alpha value is -2.93. The normalized spacial score (nSPS) is 13.3. The van der Waals surface area contributed by atoms with E-state index in [1.807, 2.05) is 48.2 Å². The zero-order valence-corrected chi connectivity index (χ0v) is 15.6. The fourth-order valence-electron chi connectivity index (χ4n) is 3.21. The number of aryl methyl sites for hydroxylation is 1. The summed E-state index contributed by atoms with van der Waals surface area (Å²) in [5, 5.41) is 12.2. The monoisotopic (exact) mass is 378 g/mol. The van der Waals surface area contributed by atoms with Crippen LogP contribution in [0.5, 0.6) is 0 Å². The number of hydrogen-bond acceptors (Lipinski definition) is 6. The first-order valence-electron chi connectivity index (χ1n) is 8.67. The number of fused-ring (bicyclic) bond motifs is 1. The summed E-state index contributed by atoms with van der Waals surface area (Å²) in [6, 6.07) is 16.1. The van der Waals surface area contributed by atoms with Crippen LogP contribution in [0.15, 0.2) is 64.8 Å². The summed E-state index contributed by atoms with van der Waals surface area (Å²) in [4.78, 5) is 22.9. The first kappa shape index (κ1) is 17.5. The highest BCUT2D eigenvalue weighted by molar-refractivity contribution is 7.99. The van der Waals surface area contributed by atoms with E-state index in [1.54, 1.807) is 0 Å². The largest absolute Gasteiger partial charge is 0.346 e. The van der Waals surface area contributed by atoms with Gasteiger partial charge in [-0.15, -0.1) is 0 Å². The van der Waals surface area contributed by atoms with E-state index < -0.39 is 0 Å². The van der Waals surface area contributed by atoms with Gasteiger partial charge in [0.05, 0.1) is 4.92 Å². The van der Waals surface area contributed by atoms with E-state index in [1.165, 1.54) is 29.2 Å². The van der Waals surface area contributed by atoms with Gasteiger partial charge in [-0.3, -0.25) is 10.1 Å². The summed E-state index contributed by atoms with van der Waals surface area (Å²) in [5.41, 5.74) is 3.59. The molecule has 0 N–H and O–H groups in total. The first-order valence-corrected chi connectivity index (χ1v) is 9.49. The van der Waals surface area contributed by atoms with Gasteiger partial charge in [0.25, 0.3) is 0 Å². The van der Waals surface area contributed by atoms with Gasteiger partial charge < -0.3 is 4.90 Å². The molecule has 0 amide bonds. The molecule has 136 valence electrons. The van der Waals surface area contributed by atoms with Crippen molar-refractivity contribution < 1.29 is 4.92 Å². The lowest BCUT2D eigenvalue weighted by molar-refractivity contribution is -0.387. The molecule has 0 spiro atoms. The maximum atomic E-state index is 11.9. The van der Waals surface area contributed by atoms with Gasteiger partial charge in [-0.1, -0.05) is 53.7 Å². The smallest absolute Gasteiger partial charge is 0.343 e. The van der Waals surface area contributed by atoms with Crippen molar-refractivity contribution in [1.82, 2.24) is 9.97 Å². The Kier molecular flexibility index (Phi) is 4.77. The van der Waals surface area contributed by atoms with E-state index in [4.69, 9.17) is 0 Å². The van der Waals surface area contributed by atoms with Crippen molar-refractivity contribution in [2.75, 3.05) is 11.4 Å². The van der Waals surface area contributed by atoms with Crippen LogP contribution in [0, 0.1) is 17.0 Å². The number of benzene rings is 2. The standard InChI is InChI=1S/C20H18N4O2S/c1-14-6-8-17(9-7-14)27-20-18(24(25)26)19(21-13-22-20)23-11-10-15-4-2-3-5-16(15)12-23/h2-9,13H,10-12H2,1H3. The molecule has 1 aliphatic heterocycles. The van der Waals surface area contributed by atoms with Crippen LogP contribution >= 0.6 is 11.8 Å². The second-order valence-electron chi connectivity index (χ2n) is 6.46. The van der Waals surface area contributed by atoms with Crippen LogP contribution in [0.2, 0.25) is 0 Å². The fraction of sp³-hybridized carbons (Fsp3) is 0.200. The van der Waals surface area contributed by atoms with Gasteiger partial charge in [-0.05, 0) is 36.6 Å². The van der Waals surface area contributed by atoms with Crippen molar-refractivity contribution in [3.05, 3.63) is 81.7 Å². The van der Waals surface area contributed by atoms with Gasteiger partial charge in [0.2, 0.25) is 5.82 Å². The van der Waals surface area contributed by atoms with Gasteiger partial charge in [0, 0.05) is 18.0 Å². The van der Waals surface area contributed by atoms with Crippen LogP contribution in [-0.2, 0) is 13.0 Å². The Morgan fingerprint density at radius 3 is 2.56 bits per heavy atom. The van der Waals surface area contributed by atoms with E-state index >= 15 is 0 Å². The molecule has 0 radical (unpaired) electrons. The topological polar surface area (TPSA) is 72.2 Å². The molecule has 7 heteroatoms. The molecule has 0 saturated heterocycles. The third-order valence-corrected chi connectivity index (χ3v) is 5.62. The molecular weight excluding hydrogens is 360 g/mol. The SMILES string of the molecule is Cc1ccc(Sc2ncnc(N3CCc4ccccc4C3)c2[N+](=O)[O-])cc1. The number of hydrogen-bond donors (Lipinski definition) is 0. The van der Waals surface area contributed by atoms with Gasteiger partial charge in [-0.25, -0.2) is 9.97 Å². The summed E-state index contributed by atoms with van der Waals surface area (Å²) in [6.45, 7) is 3.32. The molecule has 0 saturated carbocycles. The lowest BCUT2D eigenvalue weighted by Crippen LogP contribution is -2.31. The number of anilines is 1. The minimum Gasteiger partial charge on any atom is -0.346 e. The van der Waals surface area contributed by atoms with Crippen molar-refractivity contribution in [3.8, 4) is 0 Å². The Bertz CT molecular complexity index is 992. The van der Waals surface area contributed by atoms with E-state index in [-0.39, 0.29) is 10.6 Å². The van der Waals surface area contributed by atoms with Gasteiger partial charge in [0.1, 0.15) is 6.33 Å². The molecule has 1 aromatic heterocycles. The van der Waals surface area contributed by atoms with Crippen LogP contribution in [0.1, 0.15) is 16.7 Å². The predicted molar refractivity (Wildman–Crippen MR) is 105 cm³/mol. The highest BCUT2D eigenvalue weighted by atomic mass is 32.2. The van der Waals surface area contributed by atoms with E-state index in [9.17, 15) is 10.1 Å². The van der Waals surface area contributed by atoms with Gasteiger partial charge >= 0.3 is 5.69 Å². The number of nitrogens with zero attached hydrogens (tertiary/aromatic N) is 4. The van der Waals surface area contributed by atoms with Crippen LogP contribution in [0.25, 0.3) is 0 Å². The predicted octanol–water partition coefficient (Wildman–Crippen LogP) is 4.41. The molecule has 6 nitrogen and oxygen atoms in total.